The van der Waals surface area contributed by atoms with E-state index in [1.807, 2.05) is 57.2 Å². The second-order valence-corrected chi connectivity index (χ2v) is 2.32. The molecule has 0 saturated carbocycles. The fraction of sp³-hybridized carbons (Fsp3) is 0.231. The zero-order valence-electron chi connectivity index (χ0n) is 9.12. The third kappa shape index (κ3) is 3.88. The predicted molar refractivity (Wildman–Crippen MR) is 65.2 cm³/mol. The Kier molecular flexibility index (Phi) is 7.12. The van der Waals surface area contributed by atoms with E-state index in [-0.39, 0.29) is 0 Å². The van der Waals surface area contributed by atoms with E-state index >= 15 is 0 Å². The molecule has 0 aliphatic rings. The standard InChI is InChI=1S/C11H11N.C2H6/c1-3-4-7-10-8-5-6-9-11(10)12-2;1-2/h3,5-9H,2H2,1H3;1-2H3. The minimum absolute atomic E-state index is 0.895. The summed E-state index contributed by atoms with van der Waals surface area (Å²) in [5.74, 6) is 0. The summed E-state index contributed by atoms with van der Waals surface area (Å²) in [6.45, 7) is 9.42. The van der Waals surface area contributed by atoms with Crippen LogP contribution in [0.2, 0.25) is 0 Å². The molecule has 1 aromatic carbocycles. The Hall–Kier alpha value is -1.59. The molecule has 0 amide bonds. The molecule has 0 saturated heterocycles. The van der Waals surface area contributed by atoms with Crippen LogP contribution in [0, 0.1) is 0 Å². The Balaban J connectivity index is 0.000000791. The van der Waals surface area contributed by atoms with Gasteiger partial charge in [-0.25, -0.2) is 0 Å². The van der Waals surface area contributed by atoms with Crippen LogP contribution < -0.4 is 0 Å². The van der Waals surface area contributed by atoms with Crippen LogP contribution in [0.3, 0.4) is 0 Å². The number of rotatable bonds is 2. The van der Waals surface area contributed by atoms with Gasteiger partial charge in [0.15, 0.2) is 0 Å². The largest absolute Gasteiger partial charge is 0.264 e. The fourth-order valence-electron chi connectivity index (χ4n) is 0.927. The minimum Gasteiger partial charge on any atom is -0.264 e. The van der Waals surface area contributed by atoms with Crippen molar-refractivity contribution in [3.63, 3.8) is 0 Å². The number of benzene rings is 1. The van der Waals surface area contributed by atoms with Crippen LogP contribution in [0.15, 0.2) is 41.1 Å². The Morgan fingerprint density at radius 2 is 1.93 bits per heavy atom. The lowest BCUT2D eigenvalue weighted by molar-refractivity contribution is 1.50. The van der Waals surface area contributed by atoms with E-state index in [9.17, 15) is 0 Å². The number of para-hydroxylation sites is 1. The lowest BCUT2D eigenvalue weighted by Gasteiger charge is -1.95. The molecule has 0 heterocycles. The molecule has 0 fully saturated rings. The maximum absolute atomic E-state index is 3.89. The van der Waals surface area contributed by atoms with Crippen molar-refractivity contribution in [1.29, 1.82) is 0 Å². The third-order valence-electron chi connectivity index (χ3n) is 1.51. The highest BCUT2D eigenvalue weighted by Crippen LogP contribution is 2.18. The van der Waals surface area contributed by atoms with Crippen LogP contribution in [-0.2, 0) is 0 Å². The summed E-state index contributed by atoms with van der Waals surface area (Å²) in [6, 6.07) is 7.82. The average Bonchev–Trinajstić information content (AvgIpc) is 2.29. The van der Waals surface area contributed by atoms with Gasteiger partial charge in [0, 0.05) is 5.56 Å². The van der Waals surface area contributed by atoms with Crippen molar-refractivity contribution >= 4 is 18.5 Å². The van der Waals surface area contributed by atoms with Gasteiger partial charge in [-0.3, -0.25) is 4.99 Å². The van der Waals surface area contributed by atoms with Crippen LogP contribution in [-0.4, -0.2) is 6.72 Å². The van der Waals surface area contributed by atoms with E-state index in [4.69, 9.17) is 0 Å². The molecule has 0 radical (unpaired) electrons. The lowest BCUT2D eigenvalue weighted by atomic mass is 10.2. The molecule has 0 aliphatic carbocycles. The highest BCUT2D eigenvalue weighted by atomic mass is 14.7. The molecule has 1 rings (SSSR count). The van der Waals surface area contributed by atoms with E-state index in [1.165, 1.54) is 0 Å². The molecule has 0 N–H and O–H groups in total. The Morgan fingerprint density at radius 3 is 2.50 bits per heavy atom. The van der Waals surface area contributed by atoms with Crippen LogP contribution in [0.5, 0.6) is 0 Å². The van der Waals surface area contributed by atoms with Gasteiger partial charge in [0.25, 0.3) is 0 Å². The molecule has 14 heavy (non-hydrogen) atoms. The van der Waals surface area contributed by atoms with Gasteiger partial charge in [-0.15, -0.1) is 5.73 Å². The molecule has 0 aromatic heterocycles. The van der Waals surface area contributed by atoms with Gasteiger partial charge in [-0.05, 0) is 31.9 Å². The Morgan fingerprint density at radius 1 is 1.29 bits per heavy atom. The van der Waals surface area contributed by atoms with Crippen molar-refractivity contribution in [2.24, 2.45) is 4.99 Å². The first-order valence-corrected chi connectivity index (χ1v) is 4.81. The first kappa shape index (κ1) is 12.4. The maximum Gasteiger partial charge on any atom is 0.0700 e. The van der Waals surface area contributed by atoms with Gasteiger partial charge >= 0.3 is 0 Å². The average molecular weight is 187 g/mol. The molecule has 1 aromatic rings. The van der Waals surface area contributed by atoms with E-state index < -0.39 is 0 Å². The minimum atomic E-state index is 0.895. The zero-order valence-corrected chi connectivity index (χ0v) is 9.12. The van der Waals surface area contributed by atoms with Crippen molar-refractivity contribution in [1.82, 2.24) is 0 Å². The van der Waals surface area contributed by atoms with Gasteiger partial charge in [0.2, 0.25) is 0 Å². The number of nitrogens with zero attached hydrogens (tertiary/aromatic N) is 1. The number of hydrogen-bond acceptors (Lipinski definition) is 1. The summed E-state index contributed by atoms with van der Waals surface area (Å²) >= 11 is 0. The SMILES string of the molecule is C=Nc1ccccc1C=C=CC.CC. The molecular weight excluding hydrogens is 170 g/mol. The first-order chi connectivity index (χ1) is 6.88. The third-order valence-corrected chi connectivity index (χ3v) is 1.51. The monoisotopic (exact) mass is 187 g/mol. The topological polar surface area (TPSA) is 12.4 Å². The fourth-order valence-corrected chi connectivity index (χ4v) is 0.927. The summed E-state index contributed by atoms with van der Waals surface area (Å²) in [5.41, 5.74) is 4.94. The van der Waals surface area contributed by atoms with E-state index in [2.05, 4.69) is 17.4 Å². The van der Waals surface area contributed by atoms with E-state index in [0.29, 0.717) is 0 Å². The van der Waals surface area contributed by atoms with Gasteiger partial charge in [0.1, 0.15) is 0 Å². The Labute approximate surface area is 86.5 Å². The van der Waals surface area contributed by atoms with Gasteiger partial charge in [0.05, 0.1) is 5.69 Å². The second kappa shape index (κ2) is 8.03. The highest BCUT2D eigenvalue weighted by molar-refractivity contribution is 5.65. The van der Waals surface area contributed by atoms with Crippen LogP contribution in [0.4, 0.5) is 5.69 Å². The summed E-state index contributed by atoms with van der Waals surface area (Å²) in [6.07, 6.45) is 3.75. The molecule has 0 atom stereocenters. The van der Waals surface area contributed by atoms with Gasteiger partial charge < -0.3 is 0 Å². The first-order valence-electron chi connectivity index (χ1n) is 4.81. The maximum atomic E-state index is 3.89. The molecule has 74 valence electrons. The van der Waals surface area contributed by atoms with E-state index in [1.54, 1.807) is 0 Å². The number of aliphatic imine (C=N–C) groups is 1. The van der Waals surface area contributed by atoms with Crippen molar-refractivity contribution in [3.8, 4) is 0 Å². The van der Waals surface area contributed by atoms with Gasteiger partial charge in [-0.1, -0.05) is 32.0 Å². The van der Waals surface area contributed by atoms with E-state index in [0.717, 1.165) is 11.3 Å². The molecule has 0 bridgehead atoms. The van der Waals surface area contributed by atoms with Gasteiger partial charge in [-0.2, -0.15) is 0 Å². The molecule has 1 heteroatoms. The van der Waals surface area contributed by atoms with Crippen molar-refractivity contribution in [2.45, 2.75) is 20.8 Å². The normalized spacial score (nSPS) is 7.64. The zero-order chi connectivity index (χ0) is 10.8. The smallest absolute Gasteiger partial charge is 0.0700 e. The molecule has 0 spiro atoms. The summed E-state index contributed by atoms with van der Waals surface area (Å²) in [5, 5.41) is 0. The van der Waals surface area contributed by atoms with Crippen LogP contribution in [0.25, 0.3) is 6.08 Å². The molecular formula is C13H17N. The lowest BCUT2D eigenvalue weighted by Crippen LogP contribution is -1.70. The molecule has 1 nitrogen and oxygen atoms in total. The second-order valence-electron chi connectivity index (χ2n) is 2.32. The summed E-state index contributed by atoms with van der Waals surface area (Å²) in [4.78, 5) is 3.89. The van der Waals surface area contributed by atoms with Crippen LogP contribution in [0.1, 0.15) is 26.3 Å². The van der Waals surface area contributed by atoms with Crippen molar-refractivity contribution < 1.29 is 0 Å². The molecule has 0 unspecified atom stereocenters. The predicted octanol–water partition coefficient (Wildman–Crippen LogP) is 4.23. The van der Waals surface area contributed by atoms with Crippen LogP contribution >= 0.6 is 0 Å². The highest BCUT2D eigenvalue weighted by Gasteiger charge is 1.92. The van der Waals surface area contributed by atoms with Crippen molar-refractivity contribution in [2.75, 3.05) is 0 Å². The Bertz CT molecular complexity index is 331. The summed E-state index contributed by atoms with van der Waals surface area (Å²) < 4.78 is 0. The molecule has 0 aliphatic heterocycles. The number of allylic oxidation sites excluding steroid dienone is 1. The quantitative estimate of drug-likeness (QED) is 0.485. The summed E-state index contributed by atoms with van der Waals surface area (Å²) in [7, 11) is 0. The van der Waals surface area contributed by atoms with Crippen molar-refractivity contribution in [3.05, 3.63) is 41.6 Å². The number of hydrogen-bond donors (Lipinski definition) is 0.